The van der Waals surface area contributed by atoms with Gasteiger partial charge in [-0.25, -0.2) is 0 Å². The summed E-state index contributed by atoms with van der Waals surface area (Å²) in [7, 11) is 0. The second kappa shape index (κ2) is 11.6. The SMILES string of the molecule is CCCC[C](CCCC)(CCCC)[Sn][c]1sc2c(SC)ncn2c1SC. The molecule has 0 unspecified atom stereocenters. The Morgan fingerprint density at radius 1 is 1.00 bits per heavy atom. The molecule has 0 fully saturated rings. The van der Waals surface area contributed by atoms with Crippen molar-refractivity contribution in [2.75, 3.05) is 12.5 Å². The van der Waals surface area contributed by atoms with E-state index >= 15 is 0 Å². The van der Waals surface area contributed by atoms with Gasteiger partial charge in [-0.15, -0.1) is 0 Å². The standard InChI is InChI=1S/C13H27.C7H7N2S3.Sn/c1-4-7-10-13(11-8-5-2)12-9-6-3;1-10-5-3-12-7-6(11-2)8-4-9(5)7;/h4-12H2,1-3H3;4H,1-2H3;. The minimum atomic E-state index is -0.671. The van der Waals surface area contributed by atoms with Crippen molar-refractivity contribution < 1.29 is 0 Å². The molecule has 2 aromatic heterocycles. The molecule has 2 nitrogen and oxygen atoms in total. The van der Waals surface area contributed by atoms with Crippen molar-refractivity contribution >= 4 is 63.7 Å². The third-order valence-corrected chi connectivity index (χ3v) is 14.9. The van der Waals surface area contributed by atoms with Crippen LogP contribution in [0.25, 0.3) is 4.83 Å². The number of aromatic nitrogens is 2. The number of imidazole rings is 1. The van der Waals surface area contributed by atoms with Gasteiger partial charge >= 0.3 is 184 Å². The van der Waals surface area contributed by atoms with Gasteiger partial charge in [-0.05, 0) is 0 Å². The normalized spacial score (nSPS) is 12.3. The van der Waals surface area contributed by atoms with Crippen LogP contribution in [-0.4, -0.2) is 43.0 Å². The number of unbranched alkanes of at least 4 members (excludes halogenated alkanes) is 3. The van der Waals surface area contributed by atoms with Crippen LogP contribution in [-0.2, 0) is 0 Å². The van der Waals surface area contributed by atoms with E-state index in [-0.39, 0.29) is 0 Å². The Hall–Kier alpha value is 0.669. The van der Waals surface area contributed by atoms with Crippen LogP contribution >= 0.6 is 34.9 Å². The van der Waals surface area contributed by atoms with E-state index in [0.717, 1.165) is 0 Å². The van der Waals surface area contributed by atoms with E-state index in [1.54, 1.807) is 14.7 Å². The van der Waals surface area contributed by atoms with Crippen molar-refractivity contribution in [3.63, 3.8) is 0 Å². The fraction of sp³-hybridized carbons (Fsp3) is 0.750. The summed E-state index contributed by atoms with van der Waals surface area (Å²) in [5.41, 5.74) is 0. The third kappa shape index (κ3) is 5.60. The van der Waals surface area contributed by atoms with Crippen LogP contribution in [0.2, 0.25) is 3.43 Å². The average Bonchev–Trinajstić information content (AvgIpc) is 3.20. The van der Waals surface area contributed by atoms with Crippen molar-refractivity contribution in [2.24, 2.45) is 0 Å². The Balaban J connectivity index is 2.38. The first-order chi connectivity index (χ1) is 12.6. The Morgan fingerprint density at radius 2 is 1.58 bits per heavy atom. The molecule has 146 valence electrons. The first kappa shape index (κ1) is 23.0. The number of fused-ring (bicyclic) bond motifs is 1. The Labute approximate surface area is 182 Å². The number of hydrogen-bond donors (Lipinski definition) is 0. The molecule has 0 atom stereocenters. The number of thiazole rings is 1. The molecule has 0 N–H and O–H groups in total. The van der Waals surface area contributed by atoms with E-state index in [9.17, 15) is 0 Å². The van der Waals surface area contributed by atoms with Gasteiger partial charge in [0.05, 0.1) is 0 Å². The van der Waals surface area contributed by atoms with Crippen LogP contribution in [0, 0.1) is 0 Å². The quantitative estimate of drug-likeness (QED) is 0.213. The van der Waals surface area contributed by atoms with E-state index in [4.69, 9.17) is 0 Å². The van der Waals surface area contributed by atoms with Gasteiger partial charge in [0.15, 0.2) is 0 Å². The van der Waals surface area contributed by atoms with Gasteiger partial charge in [-0.1, -0.05) is 0 Å². The van der Waals surface area contributed by atoms with Gasteiger partial charge in [0, 0.05) is 0 Å². The zero-order chi connectivity index (χ0) is 19.0. The number of rotatable bonds is 13. The van der Waals surface area contributed by atoms with Crippen molar-refractivity contribution in [3.8, 4) is 0 Å². The molecule has 0 saturated carbocycles. The van der Waals surface area contributed by atoms with Crippen LogP contribution in [0.1, 0.15) is 78.6 Å². The fourth-order valence-corrected chi connectivity index (χ4v) is 14.7. The maximum absolute atomic E-state index is 4.61. The van der Waals surface area contributed by atoms with Gasteiger partial charge in [-0.3, -0.25) is 0 Å². The zero-order valence-electron chi connectivity index (χ0n) is 17.1. The Kier molecular flexibility index (Phi) is 10.3. The summed E-state index contributed by atoms with van der Waals surface area (Å²) in [6, 6.07) is 0. The molecule has 2 aromatic rings. The van der Waals surface area contributed by atoms with Crippen molar-refractivity contribution in [1.82, 2.24) is 9.38 Å². The third-order valence-electron chi connectivity index (χ3n) is 5.10. The molecule has 2 heterocycles. The molecular weight excluding hydrogens is 483 g/mol. The molecule has 0 aliphatic carbocycles. The van der Waals surface area contributed by atoms with E-state index in [0.29, 0.717) is 3.43 Å². The minimum absolute atomic E-state index is 0.658. The van der Waals surface area contributed by atoms with E-state index in [1.807, 2.05) is 11.8 Å². The van der Waals surface area contributed by atoms with Crippen LogP contribution in [0.5, 0.6) is 0 Å². The predicted molar refractivity (Wildman–Crippen MR) is 123 cm³/mol. The molecule has 0 amide bonds. The summed E-state index contributed by atoms with van der Waals surface area (Å²) in [6.45, 7) is 7.07. The number of thioether (sulfide) groups is 2. The maximum atomic E-state index is 4.61. The molecule has 26 heavy (non-hydrogen) atoms. The second-order valence-electron chi connectivity index (χ2n) is 7.09. The first-order valence-corrected chi connectivity index (χ1v) is 16.1. The molecule has 0 saturated heterocycles. The fourth-order valence-electron chi connectivity index (χ4n) is 3.57. The van der Waals surface area contributed by atoms with Crippen LogP contribution in [0.4, 0.5) is 0 Å². The van der Waals surface area contributed by atoms with E-state index < -0.39 is 21.1 Å². The first-order valence-electron chi connectivity index (χ1n) is 10.0. The van der Waals surface area contributed by atoms with Crippen molar-refractivity contribution in [1.29, 1.82) is 0 Å². The van der Waals surface area contributed by atoms with Gasteiger partial charge in [0.1, 0.15) is 0 Å². The molecular formula is C20H34N2S3Sn. The van der Waals surface area contributed by atoms with Crippen LogP contribution in [0.15, 0.2) is 16.4 Å². The van der Waals surface area contributed by atoms with E-state index in [1.165, 1.54) is 72.7 Å². The zero-order valence-corrected chi connectivity index (χ0v) is 22.4. The monoisotopic (exact) mass is 518 g/mol. The van der Waals surface area contributed by atoms with Gasteiger partial charge < -0.3 is 0 Å². The molecule has 2 rings (SSSR count). The molecule has 0 aliphatic heterocycles. The molecule has 0 bridgehead atoms. The van der Waals surface area contributed by atoms with E-state index in [2.05, 4.69) is 60.3 Å². The summed E-state index contributed by atoms with van der Waals surface area (Å²) < 4.78 is 4.80. The molecule has 6 heteroatoms. The predicted octanol–water partition coefficient (Wildman–Crippen LogP) is 6.90. The topological polar surface area (TPSA) is 17.3 Å². The molecule has 0 aromatic carbocycles. The number of hydrogen-bond acceptors (Lipinski definition) is 4. The summed E-state index contributed by atoms with van der Waals surface area (Å²) in [5, 5.41) is 2.70. The summed E-state index contributed by atoms with van der Waals surface area (Å²) in [5.74, 6) is 0. The molecule has 0 spiro atoms. The van der Waals surface area contributed by atoms with Gasteiger partial charge in [-0.2, -0.15) is 0 Å². The van der Waals surface area contributed by atoms with Crippen LogP contribution in [0.3, 0.4) is 0 Å². The number of nitrogens with zero attached hydrogens (tertiary/aromatic N) is 2. The van der Waals surface area contributed by atoms with Crippen molar-refractivity contribution in [2.45, 2.75) is 92.0 Å². The molecule has 2 radical (unpaired) electrons. The van der Waals surface area contributed by atoms with Gasteiger partial charge in [0.25, 0.3) is 0 Å². The molecule has 0 aliphatic rings. The van der Waals surface area contributed by atoms with Crippen LogP contribution < -0.4 is 2.89 Å². The van der Waals surface area contributed by atoms with Crippen molar-refractivity contribution in [3.05, 3.63) is 6.33 Å². The Morgan fingerprint density at radius 3 is 2.04 bits per heavy atom. The summed E-state index contributed by atoms with van der Waals surface area (Å²) in [4.78, 5) is 5.99. The summed E-state index contributed by atoms with van der Waals surface area (Å²) in [6.07, 6.45) is 19.1. The summed E-state index contributed by atoms with van der Waals surface area (Å²) >= 11 is 5.12. The van der Waals surface area contributed by atoms with Gasteiger partial charge in [0.2, 0.25) is 0 Å². The Bertz CT molecular complexity index is 644. The second-order valence-corrected chi connectivity index (χ2v) is 15.9. The average molecular weight is 517 g/mol.